The molecule has 2 N–H and O–H groups in total. The molecule has 0 radical (unpaired) electrons. The Bertz CT molecular complexity index is 951. The number of piperazine rings is 1. The molecule has 0 unspecified atom stereocenters. The van der Waals surface area contributed by atoms with Crippen molar-refractivity contribution in [1.82, 2.24) is 14.9 Å². The van der Waals surface area contributed by atoms with E-state index in [9.17, 15) is 4.79 Å². The number of nitrogen functional groups attached to an aromatic ring is 1. The number of amides is 1. The number of benzene rings is 1. The minimum atomic E-state index is 0.181. The highest BCUT2D eigenvalue weighted by molar-refractivity contribution is 5.94. The highest BCUT2D eigenvalue weighted by Gasteiger charge is 2.26. The van der Waals surface area contributed by atoms with Crippen molar-refractivity contribution < 1.29 is 14.3 Å². The maximum Gasteiger partial charge on any atom is 0.249 e. The molecule has 2 aromatic rings. The van der Waals surface area contributed by atoms with Crippen molar-refractivity contribution >= 4 is 28.6 Å². The molecule has 29 heavy (non-hydrogen) atoms. The molecular formula is C21H27N5O3. The van der Waals surface area contributed by atoms with Crippen LogP contribution in [0.2, 0.25) is 0 Å². The number of methoxy groups -OCH3 is 2. The highest BCUT2D eigenvalue weighted by Crippen LogP contribution is 2.34. The fraction of sp³-hybridized carbons (Fsp3) is 0.476. The number of allylic oxidation sites excluding steroid dienone is 1. The number of hydrogen-bond acceptors (Lipinski definition) is 7. The molecule has 1 aromatic carbocycles. The molecule has 1 saturated heterocycles. The first kappa shape index (κ1) is 19.3. The second-order valence-electron chi connectivity index (χ2n) is 7.39. The van der Waals surface area contributed by atoms with Gasteiger partial charge in [0.15, 0.2) is 11.5 Å². The van der Waals surface area contributed by atoms with Crippen LogP contribution in [0.3, 0.4) is 0 Å². The van der Waals surface area contributed by atoms with Crippen LogP contribution in [0.25, 0.3) is 10.9 Å². The summed E-state index contributed by atoms with van der Waals surface area (Å²) in [5.74, 6) is 2.34. The number of hydrogen-bond donors (Lipinski definition) is 1. The molecule has 1 amide bonds. The maximum absolute atomic E-state index is 12.7. The predicted octanol–water partition coefficient (Wildman–Crippen LogP) is 2.38. The summed E-state index contributed by atoms with van der Waals surface area (Å²) in [7, 11) is 3.17. The van der Waals surface area contributed by atoms with Crippen LogP contribution in [0.5, 0.6) is 11.5 Å². The predicted molar refractivity (Wildman–Crippen MR) is 112 cm³/mol. The van der Waals surface area contributed by atoms with E-state index >= 15 is 0 Å². The molecule has 154 valence electrons. The number of rotatable bonds is 4. The highest BCUT2D eigenvalue weighted by atomic mass is 16.5. The molecule has 1 aromatic heterocycles. The van der Waals surface area contributed by atoms with Crippen LogP contribution in [-0.2, 0) is 4.79 Å². The van der Waals surface area contributed by atoms with Crippen molar-refractivity contribution in [3.8, 4) is 11.5 Å². The van der Waals surface area contributed by atoms with Gasteiger partial charge < -0.3 is 25.0 Å². The number of fused-ring (bicyclic) bond motifs is 1. The van der Waals surface area contributed by atoms with E-state index in [0.29, 0.717) is 55.0 Å². The van der Waals surface area contributed by atoms with Gasteiger partial charge in [-0.15, -0.1) is 0 Å². The van der Waals surface area contributed by atoms with Gasteiger partial charge in [0.25, 0.3) is 0 Å². The van der Waals surface area contributed by atoms with Crippen LogP contribution < -0.4 is 20.1 Å². The molecule has 0 saturated carbocycles. The Morgan fingerprint density at radius 1 is 1.03 bits per heavy atom. The SMILES string of the molecule is COc1cc2nc(N3CCN(C(=O)C4=CCCCC4)CC3)nc(N)c2cc1OC. The van der Waals surface area contributed by atoms with E-state index in [1.807, 2.05) is 11.0 Å². The molecule has 8 heteroatoms. The van der Waals surface area contributed by atoms with Crippen molar-refractivity contribution in [2.24, 2.45) is 0 Å². The Balaban J connectivity index is 1.52. The quantitative estimate of drug-likeness (QED) is 0.846. The number of nitrogens with zero attached hydrogens (tertiary/aromatic N) is 4. The first-order valence-electron chi connectivity index (χ1n) is 10.0. The molecule has 0 spiro atoms. The fourth-order valence-electron chi connectivity index (χ4n) is 3.95. The van der Waals surface area contributed by atoms with Gasteiger partial charge in [-0.25, -0.2) is 4.98 Å². The minimum Gasteiger partial charge on any atom is -0.493 e. The molecule has 8 nitrogen and oxygen atoms in total. The normalized spacial score (nSPS) is 17.2. The van der Waals surface area contributed by atoms with E-state index in [4.69, 9.17) is 15.2 Å². The summed E-state index contributed by atoms with van der Waals surface area (Å²) in [4.78, 5) is 25.9. The molecule has 1 aliphatic carbocycles. The van der Waals surface area contributed by atoms with Gasteiger partial charge in [-0.05, 0) is 31.7 Å². The van der Waals surface area contributed by atoms with Crippen LogP contribution in [0, 0.1) is 0 Å². The second kappa shape index (κ2) is 8.14. The number of aromatic nitrogens is 2. The van der Waals surface area contributed by atoms with E-state index < -0.39 is 0 Å². The van der Waals surface area contributed by atoms with Crippen molar-refractivity contribution in [1.29, 1.82) is 0 Å². The fourth-order valence-corrected chi connectivity index (χ4v) is 3.95. The zero-order valence-electron chi connectivity index (χ0n) is 17.0. The van der Waals surface area contributed by atoms with Crippen LogP contribution in [0.1, 0.15) is 25.7 Å². The van der Waals surface area contributed by atoms with Gasteiger partial charge in [0.1, 0.15) is 5.82 Å². The number of anilines is 2. The molecule has 2 heterocycles. The standard InChI is InChI=1S/C21H27N5O3/c1-28-17-12-15-16(13-18(17)29-2)23-21(24-19(15)22)26-10-8-25(9-11-26)20(27)14-6-4-3-5-7-14/h6,12-13H,3-5,7-11H2,1-2H3,(H2,22,23,24). The summed E-state index contributed by atoms with van der Waals surface area (Å²) in [5.41, 5.74) is 7.88. The van der Waals surface area contributed by atoms with Gasteiger partial charge in [-0.2, -0.15) is 4.98 Å². The van der Waals surface area contributed by atoms with E-state index in [0.717, 1.165) is 30.2 Å². The van der Waals surface area contributed by atoms with Gasteiger partial charge in [0, 0.05) is 43.2 Å². The third-order valence-corrected chi connectivity index (χ3v) is 5.63. The van der Waals surface area contributed by atoms with E-state index in [1.54, 1.807) is 20.3 Å². The molecule has 1 fully saturated rings. The number of carbonyl (C=O) groups excluding carboxylic acids is 1. The number of ether oxygens (including phenoxy) is 2. The molecule has 0 atom stereocenters. The number of carbonyl (C=O) groups is 1. The van der Waals surface area contributed by atoms with Gasteiger partial charge in [-0.3, -0.25) is 4.79 Å². The first-order chi connectivity index (χ1) is 14.1. The minimum absolute atomic E-state index is 0.181. The van der Waals surface area contributed by atoms with Gasteiger partial charge in [0.05, 0.1) is 19.7 Å². The van der Waals surface area contributed by atoms with Gasteiger partial charge in [0.2, 0.25) is 11.9 Å². The van der Waals surface area contributed by atoms with Crippen LogP contribution in [-0.4, -0.2) is 61.2 Å². The van der Waals surface area contributed by atoms with E-state index in [-0.39, 0.29) is 5.91 Å². The largest absolute Gasteiger partial charge is 0.493 e. The Morgan fingerprint density at radius 2 is 1.76 bits per heavy atom. The van der Waals surface area contributed by atoms with Crippen molar-refractivity contribution in [2.75, 3.05) is 51.0 Å². The lowest BCUT2D eigenvalue weighted by Gasteiger charge is -2.35. The van der Waals surface area contributed by atoms with Gasteiger partial charge in [-0.1, -0.05) is 6.08 Å². The summed E-state index contributed by atoms with van der Waals surface area (Å²) in [5, 5.41) is 0.726. The second-order valence-corrected chi connectivity index (χ2v) is 7.39. The summed E-state index contributed by atoms with van der Waals surface area (Å²) in [6.45, 7) is 2.67. The smallest absolute Gasteiger partial charge is 0.249 e. The first-order valence-corrected chi connectivity index (χ1v) is 10.0. The zero-order valence-corrected chi connectivity index (χ0v) is 17.0. The third kappa shape index (κ3) is 3.79. The van der Waals surface area contributed by atoms with E-state index in [1.165, 1.54) is 6.42 Å². The van der Waals surface area contributed by atoms with Crippen molar-refractivity contribution in [3.05, 3.63) is 23.8 Å². The lowest BCUT2D eigenvalue weighted by molar-refractivity contribution is -0.127. The molecule has 1 aliphatic heterocycles. The zero-order chi connectivity index (χ0) is 20.4. The van der Waals surface area contributed by atoms with Crippen LogP contribution >= 0.6 is 0 Å². The topological polar surface area (TPSA) is 93.8 Å². The molecule has 0 bridgehead atoms. The Kier molecular flexibility index (Phi) is 5.42. The average Bonchev–Trinajstić information content (AvgIpc) is 2.78. The summed E-state index contributed by atoms with van der Waals surface area (Å²) in [6.07, 6.45) is 6.30. The number of nitrogens with two attached hydrogens (primary N) is 1. The summed E-state index contributed by atoms with van der Waals surface area (Å²) in [6, 6.07) is 3.60. The lowest BCUT2D eigenvalue weighted by Crippen LogP contribution is -2.49. The Morgan fingerprint density at radius 3 is 2.41 bits per heavy atom. The molecular weight excluding hydrogens is 370 g/mol. The van der Waals surface area contributed by atoms with Crippen LogP contribution in [0.4, 0.5) is 11.8 Å². The molecule has 2 aliphatic rings. The van der Waals surface area contributed by atoms with Crippen molar-refractivity contribution in [3.63, 3.8) is 0 Å². The van der Waals surface area contributed by atoms with Gasteiger partial charge >= 0.3 is 0 Å². The van der Waals surface area contributed by atoms with E-state index in [2.05, 4.69) is 20.9 Å². The lowest BCUT2D eigenvalue weighted by atomic mass is 9.98. The third-order valence-electron chi connectivity index (χ3n) is 5.63. The summed E-state index contributed by atoms with van der Waals surface area (Å²) >= 11 is 0. The summed E-state index contributed by atoms with van der Waals surface area (Å²) < 4.78 is 10.7. The monoisotopic (exact) mass is 397 g/mol. The van der Waals surface area contributed by atoms with Crippen LogP contribution in [0.15, 0.2) is 23.8 Å². The average molecular weight is 397 g/mol. The Labute approximate surface area is 170 Å². The Hall–Kier alpha value is -3.03. The van der Waals surface area contributed by atoms with Crippen molar-refractivity contribution in [2.45, 2.75) is 25.7 Å². The maximum atomic E-state index is 12.7. The molecule has 4 rings (SSSR count).